The van der Waals surface area contributed by atoms with Gasteiger partial charge >= 0.3 is 0 Å². The van der Waals surface area contributed by atoms with E-state index in [4.69, 9.17) is 0 Å². The van der Waals surface area contributed by atoms with E-state index < -0.39 is 0 Å². The number of nitro groups is 1. The minimum Gasteiger partial charge on any atom is -0.350 e. The van der Waals surface area contributed by atoms with Gasteiger partial charge in [-0.1, -0.05) is 12.1 Å². The van der Waals surface area contributed by atoms with E-state index in [9.17, 15) is 10.1 Å². The Morgan fingerprint density at radius 1 is 1.32 bits per heavy atom. The Morgan fingerprint density at radius 2 is 2.14 bits per heavy atom. The van der Waals surface area contributed by atoms with Gasteiger partial charge in [0.1, 0.15) is 0 Å². The Kier molecular flexibility index (Phi) is 4.24. The molecular formula is C15H17N5O2. The van der Waals surface area contributed by atoms with Crippen LogP contribution in [0.2, 0.25) is 0 Å². The van der Waals surface area contributed by atoms with Crippen molar-refractivity contribution >= 4 is 11.6 Å². The summed E-state index contributed by atoms with van der Waals surface area (Å²) in [5.41, 5.74) is 1.11. The van der Waals surface area contributed by atoms with Gasteiger partial charge in [0.2, 0.25) is 5.95 Å². The van der Waals surface area contributed by atoms with Crippen LogP contribution in [0, 0.1) is 10.1 Å². The molecule has 1 aromatic heterocycles. The summed E-state index contributed by atoms with van der Waals surface area (Å²) in [6.45, 7) is 2.55. The number of anilines is 1. The van der Waals surface area contributed by atoms with Crippen LogP contribution in [0.1, 0.15) is 12.0 Å². The zero-order chi connectivity index (χ0) is 15.4. The molecular weight excluding hydrogens is 282 g/mol. The first-order chi connectivity index (χ1) is 10.7. The minimum atomic E-state index is -0.357. The Bertz CT molecular complexity index is 649. The number of likely N-dealkylation sites (tertiary alicyclic amines) is 1. The van der Waals surface area contributed by atoms with E-state index in [-0.39, 0.29) is 10.6 Å². The number of nitro benzene ring substituents is 1. The fourth-order valence-electron chi connectivity index (χ4n) is 2.68. The first kappa shape index (κ1) is 14.4. The molecule has 1 unspecified atom stereocenters. The molecule has 2 heterocycles. The lowest BCUT2D eigenvalue weighted by atomic mass is 10.2. The number of aromatic nitrogens is 2. The van der Waals surface area contributed by atoms with E-state index >= 15 is 0 Å². The van der Waals surface area contributed by atoms with Crippen molar-refractivity contribution < 1.29 is 4.92 Å². The summed E-state index contributed by atoms with van der Waals surface area (Å²) in [6.07, 6.45) is 4.43. The smallest absolute Gasteiger partial charge is 0.269 e. The second-order valence-corrected chi connectivity index (χ2v) is 5.36. The molecule has 114 valence electrons. The third kappa shape index (κ3) is 3.56. The highest BCUT2D eigenvalue weighted by molar-refractivity contribution is 5.34. The van der Waals surface area contributed by atoms with E-state index in [1.165, 1.54) is 6.07 Å². The van der Waals surface area contributed by atoms with Crippen LogP contribution >= 0.6 is 0 Å². The van der Waals surface area contributed by atoms with Crippen molar-refractivity contribution in [2.45, 2.75) is 19.0 Å². The minimum absolute atomic E-state index is 0.143. The summed E-state index contributed by atoms with van der Waals surface area (Å²) in [5, 5.41) is 14.1. The molecule has 0 bridgehead atoms. The van der Waals surface area contributed by atoms with E-state index in [1.807, 2.05) is 6.07 Å². The number of benzene rings is 1. The molecule has 1 aromatic carbocycles. The summed E-state index contributed by atoms with van der Waals surface area (Å²) >= 11 is 0. The van der Waals surface area contributed by atoms with Gasteiger partial charge in [-0.3, -0.25) is 15.0 Å². The van der Waals surface area contributed by atoms with E-state index in [0.717, 1.165) is 31.6 Å². The third-order valence-corrected chi connectivity index (χ3v) is 3.70. The lowest BCUT2D eigenvalue weighted by Crippen LogP contribution is -2.26. The van der Waals surface area contributed by atoms with Crippen molar-refractivity contribution in [2.75, 3.05) is 18.4 Å². The first-order valence-corrected chi connectivity index (χ1v) is 7.20. The van der Waals surface area contributed by atoms with Crippen molar-refractivity contribution in [2.24, 2.45) is 0 Å². The molecule has 0 amide bonds. The predicted octanol–water partition coefficient (Wildman–Crippen LogP) is 2.07. The summed E-state index contributed by atoms with van der Waals surface area (Å²) in [4.78, 5) is 21.1. The normalized spacial score (nSPS) is 18.3. The highest BCUT2D eigenvalue weighted by Gasteiger charge is 2.23. The average molecular weight is 299 g/mol. The van der Waals surface area contributed by atoms with E-state index in [2.05, 4.69) is 20.2 Å². The zero-order valence-corrected chi connectivity index (χ0v) is 12.1. The molecule has 3 rings (SSSR count). The Hall–Kier alpha value is -2.54. The van der Waals surface area contributed by atoms with Gasteiger partial charge in [0.15, 0.2) is 0 Å². The number of rotatable bonds is 5. The van der Waals surface area contributed by atoms with Crippen molar-refractivity contribution in [1.82, 2.24) is 14.9 Å². The van der Waals surface area contributed by atoms with Crippen LogP contribution in [0.4, 0.5) is 11.6 Å². The van der Waals surface area contributed by atoms with Crippen LogP contribution in [0.25, 0.3) is 0 Å². The number of non-ortho nitro benzene ring substituents is 1. The lowest BCUT2D eigenvalue weighted by molar-refractivity contribution is -0.384. The maximum Gasteiger partial charge on any atom is 0.269 e. The Balaban J connectivity index is 1.57. The molecule has 1 aliphatic rings. The molecule has 7 heteroatoms. The van der Waals surface area contributed by atoms with E-state index in [1.54, 1.807) is 30.6 Å². The topological polar surface area (TPSA) is 84.2 Å². The zero-order valence-electron chi connectivity index (χ0n) is 12.1. The van der Waals surface area contributed by atoms with Gasteiger partial charge in [-0.05, 0) is 18.1 Å². The number of nitrogens with one attached hydrogen (secondary N) is 1. The van der Waals surface area contributed by atoms with Crippen LogP contribution in [-0.4, -0.2) is 38.9 Å². The molecule has 0 saturated carbocycles. The van der Waals surface area contributed by atoms with Gasteiger partial charge in [-0.2, -0.15) is 0 Å². The van der Waals surface area contributed by atoms with Crippen molar-refractivity contribution in [3.63, 3.8) is 0 Å². The summed E-state index contributed by atoms with van der Waals surface area (Å²) in [7, 11) is 0. The SMILES string of the molecule is O=[N+]([O-])c1cccc(CN2CCC(Nc3ncccn3)C2)c1. The molecule has 1 N–H and O–H groups in total. The Labute approximate surface area is 128 Å². The molecule has 0 radical (unpaired) electrons. The van der Waals surface area contributed by atoms with Crippen molar-refractivity contribution in [3.8, 4) is 0 Å². The summed E-state index contributed by atoms with van der Waals surface area (Å²) in [6, 6.07) is 8.91. The number of hydrogen-bond acceptors (Lipinski definition) is 6. The molecule has 2 aromatic rings. The maximum absolute atomic E-state index is 10.8. The van der Waals surface area contributed by atoms with Gasteiger partial charge in [0.25, 0.3) is 5.69 Å². The van der Waals surface area contributed by atoms with Crippen LogP contribution < -0.4 is 5.32 Å². The third-order valence-electron chi connectivity index (χ3n) is 3.70. The predicted molar refractivity (Wildman–Crippen MR) is 82.4 cm³/mol. The molecule has 1 atom stereocenters. The number of hydrogen-bond donors (Lipinski definition) is 1. The lowest BCUT2D eigenvalue weighted by Gasteiger charge is -2.16. The molecule has 1 saturated heterocycles. The Morgan fingerprint density at radius 3 is 2.91 bits per heavy atom. The van der Waals surface area contributed by atoms with Crippen molar-refractivity contribution in [3.05, 3.63) is 58.4 Å². The first-order valence-electron chi connectivity index (χ1n) is 7.20. The molecule has 7 nitrogen and oxygen atoms in total. The summed E-state index contributed by atoms with van der Waals surface area (Å²) < 4.78 is 0. The second kappa shape index (κ2) is 6.48. The summed E-state index contributed by atoms with van der Waals surface area (Å²) in [5.74, 6) is 0.643. The van der Waals surface area contributed by atoms with Gasteiger partial charge in [0.05, 0.1) is 4.92 Å². The number of nitrogens with zero attached hydrogens (tertiary/aromatic N) is 4. The van der Waals surface area contributed by atoms with E-state index in [0.29, 0.717) is 12.0 Å². The fourth-order valence-corrected chi connectivity index (χ4v) is 2.68. The van der Waals surface area contributed by atoms with Crippen LogP contribution in [0.3, 0.4) is 0 Å². The van der Waals surface area contributed by atoms with Crippen molar-refractivity contribution in [1.29, 1.82) is 0 Å². The largest absolute Gasteiger partial charge is 0.350 e. The maximum atomic E-state index is 10.8. The monoisotopic (exact) mass is 299 g/mol. The molecule has 0 aliphatic carbocycles. The van der Waals surface area contributed by atoms with Crippen LogP contribution in [0.15, 0.2) is 42.7 Å². The van der Waals surface area contributed by atoms with Gasteiger partial charge in [-0.15, -0.1) is 0 Å². The standard InChI is InChI=1S/C15H17N5O2/c21-20(22)14-4-1-3-12(9-14)10-19-8-5-13(11-19)18-15-16-6-2-7-17-15/h1-4,6-7,9,13H,5,8,10-11H2,(H,16,17,18). The fraction of sp³-hybridized carbons (Fsp3) is 0.333. The van der Waals surface area contributed by atoms with Crippen LogP contribution in [0.5, 0.6) is 0 Å². The molecule has 0 spiro atoms. The average Bonchev–Trinajstić information content (AvgIpc) is 2.95. The van der Waals surface area contributed by atoms with Gasteiger partial charge in [0, 0.05) is 50.2 Å². The quantitative estimate of drug-likeness (QED) is 0.672. The molecule has 1 aliphatic heterocycles. The van der Waals surface area contributed by atoms with Crippen LogP contribution in [-0.2, 0) is 6.54 Å². The van der Waals surface area contributed by atoms with Gasteiger partial charge in [-0.25, -0.2) is 9.97 Å². The highest BCUT2D eigenvalue weighted by Crippen LogP contribution is 2.19. The van der Waals surface area contributed by atoms with Gasteiger partial charge < -0.3 is 5.32 Å². The second-order valence-electron chi connectivity index (χ2n) is 5.36. The molecule has 1 fully saturated rings. The highest BCUT2D eigenvalue weighted by atomic mass is 16.6. The molecule has 22 heavy (non-hydrogen) atoms.